The van der Waals surface area contributed by atoms with Crippen molar-refractivity contribution in [1.29, 1.82) is 5.26 Å². The highest BCUT2D eigenvalue weighted by molar-refractivity contribution is 7.99. The van der Waals surface area contributed by atoms with Crippen molar-refractivity contribution in [2.24, 2.45) is 0 Å². The van der Waals surface area contributed by atoms with Crippen LogP contribution in [0.15, 0.2) is 18.3 Å². The lowest BCUT2D eigenvalue weighted by Crippen LogP contribution is -2.36. The third kappa shape index (κ3) is 3.91. The Bertz CT molecular complexity index is 396. The summed E-state index contributed by atoms with van der Waals surface area (Å²) >= 11 is 2.02. The molecule has 90 valence electrons. The zero-order chi connectivity index (χ0) is 11.9. The smallest absolute Gasteiger partial charge is 0.127 e. The topological polar surface area (TPSA) is 52.0 Å². The molecule has 0 unspecified atom stereocenters. The monoisotopic (exact) mass is 248 g/mol. The molecule has 0 radical (unpaired) electrons. The second-order valence-corrected chi connectivity index (χ2v) is 5.15. The van der Waals surface area contributed by atoms with E-state index in [-0.39, 0.29) is 0 Å². The van der Waals surface area contributed by atoms with Gasteiger partial charge in [-0.1, -0.05) is 0 Å². The Morgan fingerprint density at radius 2 is 2.29 bits per heavy atom. The molecule has 0 aromatic carbocycles. The lowest BCUT2D eigenvalue weighted by Gasteiger charge is -2.26. The van der Waals surface area contributed by atoms with Gasteiger partial charge in [0.25, 0.3) is 0 Å². The average molecular weight is 248 g/mol. The van der Waals surface area contributed by atoms with E-state index in [9.17, 15) is 0 Å². The van der Waals surface area contributed by atoms with Crippen LogP contribution in [0.3, 0.4) is 0 Å². The molecule has 1 N–H and O–H groups in total. The molecule has 0 aliphatic carbocycles. The molecule has 0 atom stereocenters. The zero-order valence-corrected chi connectivity index (χ0v) is 10.5. The van der Waals surface area contributed by atoms with Gasteiger partial charge >= 0.3 is 0 Å². The summed E-state index contributed by atoms with van der Waals surface area (Å²) in [4.78, 5) is 6.64. The van der Waals surface area contributed by atoms with Gasteiger partial charge in [0.2, 0.25) is 0 Å². The van der Waals surface area contributed by atoms with Crippen molar-refractivity contribution in [2.45, 2.75) is 0 Å². The predicted octanol–water partition coefficient (Wildman–Crippen LogP) is 1.41. The Labute approximate surface area is 106 Å². The van der Waals surface area contributed by atoms with E-state index in [0.29, 0.717) is 5.56 Å². The summed E-state index contributed by atoms with van der Waals surface area (Å²) in [7, 11) is 0. The van der Waals surface area contributed by atoms with Crippen LogP contribution in [0.1, 0.15) is 5.56 Å². The number of hydrogen-bond acceptors (Lipinski definition) is 5. The summed E-state index contributed by atoms with van der Waals surface area (Å²) < 4.78 is 0. The Kier molecular flexibility index (Phi) is 4.65. The molecule has 1 aliphatic heterocycles. The molecule has 4 nitrogen and oxygen atoms in total. The Morgan fingerprint density at radius 1 is 1.47 bits per heavy atom. The molecule has 1 fully saturated rings. The summed E-state index contributed by atoms with van der Waals surface area (Å²) in [5.41, 5.74) is 0.650. The second kappa shape index (κ2) is 6.48. The average Bonchev–Trinajstić information content (AvgIpc) is 2.40. The van der Waals surface area contributed by atoms with E-state index in [4.69, 9.17) is 5.26 Å². The number of anilines is 1. The quantitative estimate of drug-likeness (QED) is 0.873. The van der Waals surface area contributed by atoms with Crippen molar-refractivity contribution in [1.82, 2.24) is 9.88 Å². The van der Waals surface area contributed by atoms with Crippen LogP contribution in [0.25, 0.3) is 0 Å². The van der Waals surface area contributed by atoms with Crippen molar-refractivity contribution in [3.63, 3.8) is 0 Å². The van der Waals surface area contributed by atoms with Gasteiger partial charge in [-0.25, -0.2) is 4.98 Å². The van der Waals surface area contributed by atoms with Gasteiger partial charge in [0, 0.05) is 43.9 Å². The molecule has 0 amide bonds. The first-order valence-electron chi connectivity index (χ1n) is 5.78. The van der Waals surface area contributed by atoms with Gasteiger partial charge in [-0.2, -0.15) is 17.0 Å². The number of nitrogens with one attached hydrogen (secondary N) is 1. The van der Waals surface area contributed by atoms with Gasteiger partial charge in [0.05, 0.1) is 11.6 Å². The predicted molar refractivity (Wildman–Crippen MR) is 71.2 cm³/mol. The molecule has 1 aromatic rings. The Balaban J connectivity index is 1.75. The molecule has 0 saturated carbocycles. The van der Waals surface area contributed by atoms with E-state index in [1.54, 1.807) is 18.3 Å². The van der Waals surface area contributed by atoms with Crippen LogP contribution in [0.4, 0.5) is 5.82 Å². The van der Waals surface area contributed by atoms with E-state index >= 15 is 0 Å². The number of nitriles is 1. The van der Waals surface area contributed by atoms with E-state index < -0.39 is 0 Å². The van der Waals surface area contributed by atoms with Gasteiger partial charge in [0.1, 0.15) is 5.82 Å². The van der Waals surface area contributed by atoms with Crippen molar-refractivity contribution in [3.05, 3.63) is 23.9 Å². The van der Waals surface area contributed by atoms with Crippen molar-refractivity contribution in [2.75, 3.05) is 43.0 Å². The first-order chi connectivity index (χ1) is 8.38. The molecule has 17 heavy (non-hydrogen) atoms. The third-order valence-corrected chi connectivity index (χ3v) is 3.67. The third-order valence-electron chi connectivity index (χ3n) is 2.73. The van der Waals surface area contributed by atoms with Crippen molar-refractivity contribution in [3.8, 4) is 6.07 Å². The maximum atomic E-state index is 8.78. The highest BCUT2D eigenvalue weighted by atomic mass is 32.2. The molecular formula is C12H16N4S. The number of rotatable bonds is 4. The summed E-state index contributed by atoms with van der Waals surface area (Å²) in [5.74, 6) is 3.26. The van der Waals surface area contributed by atoms with Gasteiger partial charge in [-0.3, -0.25) is 4.90 Å². The minimum atomic E-state index is 0.650. The van der Waals surface area contributed by atoms with E-state index in [1.807, 2.05) is 11.8 Å². The minimum Gasteiger partial charge on any atom is -0.369 e. The van der Waals surface area contributed by atoms with Crippen LogP contribution in [-0.2, 0) is 0 Å². The summed E-state index contributed by atoms with van der Waals surface area (Å²) in [6, 6.07) is 5.61. The molecule has 0 bridgehead atoms. The number of hydrogen-bond donors (Lipinski definition) is 1. The largest absolute Gasteiger partial charge is 0.369 e. The van der Waals surface area contributed by atoms with Gasteiger partial charge in [0.15, 0.2) is 0 Å². The normalized spacial score (nSPS) is 16.4. The van der Waals surface area contributed by atoms with Gasteiger partial charge < -0.3 is 5.32 Å². The second-order valence-electron chi connectivity index (χ2n) is 3.92. The van der Waals surface area contributed by atoms with E-state index in [2.05, 4.69) is 21.3 Å². The van der Waals surface area contributed by atoms with Crippen molar-refractivity contribution >= 4 is 17.6 Å². The van der Waals surface area contributed by atoms with Crippen LogP contribution >= 0.6 is 11.8 Å². The van der Waals surface area contributed by atoms with Gasteiger partial charge in [-0.05, 0) is 12.1 Å². The van der Waals surface area contributed by atoms with E-state index in [0.717, 1.165) is 18.9 Å². The number of aromatic nitrogens is 1. The fourth-order valence-corrected chi connectivity index (χ4v) is 2.74. The molecule has 2 heterocycles. The van der Waals surface area contributed by atoms with Crippen LogP contribution in [0, 0.1) is 11.3 Å². The zero-order valence-electron chi connectivity index (χ0n) is 9.72. The maximum Gasteiger partial charge on any atom is 0.127 e. The van der Waals surface area contributed by atoms with Gasteiger partial charge in [-0.15, -0.1) is 0 Å². The number of thioether (sulfide) groups is 1. The SMILES string of the molecule is N#Cc1ccnc(NCCN2CCSCC2)c1. The molecule has 2 rings (SSSR count). The maximum absolute atomic E-state index is 8.78. The lowest BCUT2D eigenvalue weighted by molar-refractivity contribution is 0.314. The van der Waals surface area contributed by atoms with Crippen molar-refractivity contribution < 1.29 is 0 Å². The van der Waals surface area contributed by atoms with E-state index in [1.165, 1.54) is 24.6 Å². The van der Waals surface area contributed by atoms with Crippen LogP contribution < -0.4 is 5.32 Å². The molecule has 0 spiro atoms. The highest BCUT2D eigenvalue weighted by Crippen LogP contribution is 2.09. The fourth-order valence-electron chi connectivity index (χ4n) is 1.76. The lowest BCUT2D eigenvalue weighted by atomic mass is 10.3. The number of nitrogens with zero attached hydrogens (tertiary/aromatic N) is 3. The molecule has 5 heteroatoms. The summed E-state index contributed by atoms with van der Waals surface area (Å²) in [6.07, 6.45) is 1.67. The van der Waals surface area contributed by atoms with Crippen LogP contribution in [0.5, 0.6) is 0 Å². The fraction of sp³-hybridized carbons (Fsp3) is 0.500. The highest BCUT2D eigenvalue weighted by Gasteiger charge is 2.09. The standard InChI is InChI=1S/C12H16N4S/c13-10-11-1-2-14-12(9-11)15-3-4-16-5-7-17-8-6-16/h1-2,9H,3-8H2,(H,14,15). The molecule has 1 aromatic heterocycles. The Hall–Kier alpha value is -1.25. The molecule has 1 aliphatic rings. The molecule has 1 saturated heterocycles. The minimum absolute atomic E-state index is 0.650. The first-order valence-corrected chi connectivity index (χ1v) is 6.94. The summed E-state index contributed by atoms with van der Waals surface area (Å²) in [5, 5.41) is 12.0. The molecular weight excluding hydrogens is 232 g/mol. The van der Waals surface area contributed by atoms with Crippen LogP contribution in [0.2, 0.25) is 0 Å². The van der Waals surface area contributed by atoms with Crippen LogP contribution in [-0.4, -0.2) is 47.6 Å². The summed E-state index contributed by atoms with van der Waals surface area (Å²) in [6.45, 7) is 4.28. The number of pyridine rings is 1. The first kappa shape index (κ1) is 12.2. The Morgan fingerprint density at radius 3 is 3.06 bits per heavy atom.